The van der Waals surface area contributed by atoms with Crippen molar-refractivity contribution < 1.29 is 28.6 Å². The van der Waals surface area contributed by atoms with Gasteiger partial charge in [0.05, 0.1) is 11.2 Å². The van der Waals surface area contributed by atoms with Crippen LogP contribution in [-0.2, 0) is 16.1 Å². The Morgan fingerprint density at radius 1 is 1.22 bits per heavy atom. The van der Waals surface area contributed by atoms with Crippen LogP contribution in [0.4, 0.5) is 10.2 Å². The number of carbonyl (C=O) groups excluding carboxylic acids is 1. The maximum Gasteiger partial charge on any atom is 0.337 e. The van der Waals surface area contributed by atoms with Gasteiger partial charge in [-0.2, -0.15) is 9.61 Å². The van der Waals surface area contributed by atoms with Crippen LogP contribution < -0.4 is 15.0 Å². The number of aryl methyl sites for hydroxylation is 1. The summed E-state index contributed by atoms with van der Waals surface area (Å²) < 4.78 is 27.4. The summed E-state index contributed by atoms with van der Waals surface area (Å²) in [5, 5.41) is 17.7. The zero-order valence-electron chi connectivity index (χ0n) is 23.8. The van der Waals surface area contributed by atoms with E-state index in [9.17, 15) is 19.1 Å². The van der Waals surface area contributed by atoms with E-state index in [4.69, 9.17) is 9.47 Å². The lowest BCUT2D eigenvalue weighted by Crippen LogP contribution is -2.37. The molecule has 0 aliphatic carbocycles. The van der Waals surface area contributed by atoms with Crippen LogP contribution in [0.2, 0.25) is 0 Å². The first kappa shape index (κ1) is 28.5. The second-order valence-electron chi connectivity index (χ2n) is 11.6. The summed E-state index contributed by atoms with van der Waals surface area (Å²) in [6, 6.07) is 5.81. The Kier molecular flexibility index (Phi) is 7.99. The van der Waals surface area contributed by atoms with Crippen molar-refractivity contribution in [3.05, 3.63) is 64.7 Å². The summed E-state index contributed by atoms with van der Waals surface area (Å²) in [7, 11) is 0. The van der Waals surface area contributed by atoms with Crippen LogP contribution in [-0.4, -0.2) is 56.9 Å². The van der Waals surface area contributed by atoms with E-state index in [1.807, 2.05) is 26.8 Å². The second kappa shape index (κ2) is 11.5. The molecule has 3 aliphatic rings. The quantitative estimate of drug-likeness (QED) is 0.443. The van der Waals surface area contributed by atoms with Crippen LogP contribution in [0.3, 0.4) is 0 Å². The predicted octanol–water partition coefficient (Wildman–Crippen LogP) is 4.60. The smallest absolute Gasteiger partial charge is 0.337 e. The number of carboxylic acids is 1. The molecule has 1 fully saturated rings. The summed E-state index contributed by atoms with van der Waals surface area (Å²) in [6.45, 7) is 8.94. The van der Waals surface area contributed by atoms with Crippen molar-refractivity contribution in [3.8, 4) is 5.75 Å². The molecule has 0 saturated carbocycles. The molecule has 2 N–H and O–H groups in total. The number of ether oxygens (including phenoxy) is 2. The first-order valence-electron chi connectivity index (χ1n) is 13.9. The Labute approximate surface area is 238 Å². The monoisotopic (exact) mass is 565 g/mol. The maximum absolute atomic E-state index is 14.0. The summed E-state index contributed by atoms with van der Waals surface area (Å²) in [4.78, 5) is 32.6. The number of nitrogens with one attached hydrogen (secondary N) is 1. The van der Waals surface area contributed by atoms with E-state index in [0.717, 1.165) is 19.3 Å². The van der Waals surface area contributed by atoms with Crippen LogP contribution in [0.15, 0.2) is 36.4 Å². The zero-order chi connectivity index (χ0) is 29.3. The number of fused-ring (bicyclic) bond motifs is 7. The van der Waals surface area contributed by atoms with Crippen molar-refractivity contribution in [2.24, 2.45) is 5.92 Å². The minimum atomic E-state index is -1.28. The van der Waals surface area contributed by atoms with Crippen LogP contribution in [0.5, 0.6) is 5.75 Å². The molecule has 41 heavy (non-hydrogen) atoms. The molecule has 218 valence electrons. The molecule has 0 spiro atoms. The van der Waals surface area contributed by atoms with Gasteiger partial charge in [0.1, 0.15) is 24.0 Å². The van der Waals surface area contributed by atoms with E-state index in [-0.39, 0.29) is 18.8 Å². The number of allylic oxidation sites excluding steroid dienone is 1. The maximum atomic E-state index is 14.0. The molecule has 3 aromatic rings. The van der Waals surface area contributed by atoms with E-state index in [1.165, 1.54) is 12.1 Å². The van der Waals surface area contributed by atoms with Gasteiger partial charge in [0, 0.05) is 43.0 Å². The van der Waals surface area contributed by atoms with Crippen LogP contribution in [0.25, 0.3) is 5.65 Å². The normalized spacial score (nSPS) is 17.6. The van der Waals surface area contributed by atoms with E-state index in [0.29, 0.717) is 53.0 Å². The lowest BCUT2D eigenvalue weighted by atomic mass is 9.93. The van der Waals surface area contributed by atoms with Crippen LogP contribution in [0.1, 0.15) is 73.4 Å². The third-order valence-corrected chi connectivity index (χ3v) is 7.35. The Bertz CT molecular complexity index is 1490. The highest BCUT2D eigenvalue weighted by atomic mass is 19.1. The fourth-order valence-electron chi connectivity index (χ4n) is 5.37. The number of hydrogen-bond acceptors (Lipinski definition) is 7. The molecule has 10 nitrogen and oxygen atoms in total. The molecule has 1 atom stereocenters. The highest BCUT2D eigenvalue weighted by molar-refractivity contribution is 5.93. The molecule has 4 bridgehead atoms. The highest BCUT2D eigenvalue weighted by Gasteiger charge is 2.35. The third-order valence-electron chi connectivity index (χ3n) is 7.35. The van der Waals surface area contributed by atoms with Crippen molar-refractivity contribution in [2.45, 2.75) is 65.2 Å². The van der Waals surface area contributed by atoms with E-state index >= 15 is 0 Å². The van der Waals surface area contributed by atoms with Gasteiger partial charge >= 0.3 is 5.97 Å². The lowest BCUT2D eigenvalue weighted by Gasteiger charge is -2.36. The topological polar surface area (TPSA) is 118 Å². The minimum Gasteiger partial charge on any atom is -0.489 e. The summed E-state index contributed by atoms with van der Waals surface area (Å²) in [6.07, 6.45) is 5.38. The number of amides is 1. The fraction of sp³-hybridized carbons (Fsp3) is 0.467. The van der Waals surface area contributed by atoms with Crippen LogP contribution in [0, 0.1) is 18.7 Å². The molecular weight excluding hydrogens is 529 g/mol. The van der Waals surface area contributed by atoms with E-state index in [2.05, 4.69) is 26.4 Å². The SMILES string of the molecule is Cc1nc2cc3nn2c(c1C(OC(C)(C)C)C(=O)O)N1CCC(CC=CCOc2cc(F)ccc2CNC3=O)CC1. The van der Waals surface area contributed by atoms with E-state index < -0.39 is 29.4 Å². The average Bonchev–Trinajstić information content (AvgIpc) is 3.33. The van der Waals surface area contributed by atoms with Gasteiger partial charge in [-0.1, -0.05) is 18.2 Å². The number of carboxylic acid groups (broad SMARTS) is 1. The summed E-state index contributed by atoms with van der Waals surface area (Å²) in [5.41, 5.74) is 1.38. The molecule has 3 aliphatic heterocycles. The van der Waals surface area contributed by atoms with Gasteiger partial charge in [0.25, 0.3) is 5.91 Å². The Hall–Kier alpha value is -3.99. The van der Waals surface area contributed by atoms with Crippen molar-refractivity contribution in [3.63, 3.8) is 0 Å². The average molecular weight is 566 g/mol. The van der Waals surface area contributed by atoms with Gasteiger partial charge in [-0.25, -0.2) is 14.2 Å². The van der Waals surface area contributed by atoms with Gasteiger partial charge in [0.15, 0.2) is 17.4 Å². The Balaban J connectivity index is 1.61. The summed E-state index contributed by atoms with van der Waals surface area (Å²) in [5.74, 6) is -0.616. The van der Waals surface area contributed by atoms with Crippen LogP contribution >= 0.6 is 0 Å². The first-order valence-corrected chi connectivity index (χ1v) is 13.9. The number of benzene rings is 1. The number of nitrogens with zero attached hydrogens (tertiary/aromatic N) is 4. The Morgan fingerprint density at radius 2 is 1.98 bits per heavy atom. The van der Waals surface area contributed by atoms with Gasteiger partial charge < -0.3 is 24.8 Å². The standard InChI is InChI=1S/C30H36FN5O5/c1-18-25(26(29(38)39)41-30(2,3)4)28-35-12-10-19(11-13-35)7-5-6-14-40-23-15-21(31)9-8-20(23)17-32-27(37)22-16-24(33-18)36(28)34-22/h5-6,8-9,15-16,19,26H,7,10-14,17H2,1-4H3,(H,32,37)(H,38,39). The highest BCUT2D eigenvalue weighted by Crippen LogP contribution is 2.37. The number of anilines is 1. The zero-order valence-corrected chi connectivity index (χ0v) is 23.8. The van der Waals surface area contributed by atoms with E-state index in [1.54, 1.807) is 23.6 Å². The molecule has 1 amide bonds. The summed E-state index contributed by atoms with van der Waals surface area (Å²) >= 11 is 0. The van der Waals surface area contributed by atoms with Crippen molar-refractivity contribution >= 4 is 23.3 Å². The largest absolute Gasteiger partial charge is 0.489 e. The molecule has 6 rings (SSSR count). The fourth-order valence-corrected chi connectivity index (χ4v) is 5.37. The molecule has 5 heterocycles. The van der Waals surface area contributed by atoms with Crippen molar-refractivity contribution in [1.82, 2.24) is 19.9 Å². The Morgan fingerprint density at radius 3 is 2.68 bits per heavy atom. The molecule has 0 radical (unpaired) electrons. The van der Waals surface area contributed by atoms with Gasteiger partial charge in [-0.3, -0.25) is 4.79 Å². The van der Waals surface area contributed by atoms with Crippen molar-refractivity contribution in [1.29, 1.82) is 0 Å². The second-order valence-corrected chi connectivity index (χ2v) is 11.6. The molecule has 1 unspecified atom stereocenters. The number of rotatable bonds is 3. The number of aliphatic carboxylic acids is 1. The molecular formula is C30H36FN5O5. The number of aromatic nitrogens is 3. The molecule has 1 saturated heterocycles. The van der Waals surface area contributed by atoms with Gasteiger partial charge in [-0.05, 0) is 58.9 Å². The predicted molar refractivity (Wildman–Crippen MR) is 151 cm³/mol. The van der Waals surface area contributed by atoms with Gasteiger partial charge in [-0.15, -0.1) is 0 Å². The van der Waals surface area contributed by atoms with Gasteiger partial charge in [0.2, 0.25) is 0 Å². The number of carbonyl (C=O) groups is 2. The number of hydrogen-bond donors (Lipinski definition) is 2. The lowest BCUT2D eigenvalue weighted by molar-refractivity contribution is -0.160. The molecule has 11 heteroatoms. The minimum absolute atomic E-state index is 0.102. The van der Waals surface area contributed by atoms with Crippen molar-refractivity contribution in [2.75, 3.05) is 24.6 Å². The number of piperidine rings is 1. The molecule has 2 aromatic heterocycles. The number of halogens is 1. The first-order chi connectivity index (χ1) is 19.5. The molecule has 1 aromatic carbocycles. The third kappa shape index (κ3) is 6.35.